The van der Waals surface area contributed by atoms with Gasteiger partial charge in [-0.05, 0) is 43.3 Å². The molecule has 5 aromatic rings. The third kappa shape index (κ3) is 4.64. The Hall–Kier alpha value is -4.99. The number of oxazole rings is 1. The smallest absolute Gasteiger partial charge is 0.343 e. The zero-order valence-electron chi connectivity index (χ0n) is 19.6. The standard InChI is InChI=1S/C26H22N6O4/c1-3-35-25(33)17-15-28-26(31-21-13-6-7-14-27-21)32-23(17)29-19-11-8-9-16(22(19)34-2)24-30-18-10-4-5-12-20(18)36-24/h4-15H,3H2,1-2H3,(H2,27,28,29,31,32). The number of carbonyl (C=O) groups excluding carboxylic acids is 1. The van der Waals surface area contributed by atoms with E-state index in [-0.39, 0.29) is 23.9 Å². The predicted molar refractivity (Wildman–Crippen MR) is 135 cm³/mol. The second kappa shape index (κ2) is 10.1. The summed E-state index contributed by atoms with van der Waals surface area (Å²) in [7, 11) is 1.55. The molecule has 5 rings (SSSR count). The minimum Gasteiger partial charge on any atom is -0.494 e. The van der Waals surface area contributed by atoms with Gasteiger partial charge in [-0.1, -0.05) is 24.3 Å². The van der Waals surface area contributed by atoms with Gasteiger partial charge in [0.05, 0.1) is 25.0 Å². The molecule has 0 aliphatic carbocycles. The van der Waals surface area contributed by atoms with Crippen molar-refractivity contribution < 1.29 is 18.7 Å². The Balaban J connectivity index is 1.54. The monoisotopic (exact) mass is 482 g/mol. The first kappa shape index (κ1) is 22.8. The van der Waals surface area contributed by atoms with Crippen LogP contribution in [0.25, 0.3) is 22.6 Å². The number of fused-ring (bicyclic) bond motifs is 1. The summed E-state index contributed by atoms with van der Waals surface area (Å²) >= 11 is 0. The highest BCUT2D eigenvalue weighted by atomic mass is 16.5. The van der Waals surface area contributed by atoms with Gasteiger partial charge in [0.1, 0.15) is 16.9 Å². The summed E-state index contributed by atoms with van der Waals surface area (Å²) in [5.74, 6) is 1.36. The van der Waals surface area contributed by atoms with Crippen molar-refractivity contribution in [3.63, 3.8) is 0 Å². The van der Waals surface area contributed by atoms with E-state index in [0.717, 1.165) is 5.52 Å². The lowest BCUT2D eigenvalue weighted by Gasteiger charge is -2.16. The van der Waals surface area contributed by atoms with Crippen LogP contribution in [-0.4, -0.2) is 39.6 Å². The van der Waals surface area contributed by atoms with Crippen LogP contribution in [-0.2, 0) is 4.74 Å². The number of hydrogen-bond donors (Lipinski definition) is 2. The van der Waals surface area contributed by atoms with E-state index in [1.54, 1.807) is 38.4 Å². The zero-order chi connectivity index (χ0) is 24.9. The molecule has 0 radical (unpaired) electrons. The van der Waals surface area contributed by atoms with Crippen LogP contribution in [0.1, 0.15) is 17.3 Å². The van der Waals surface area contributed by atoms with Gasteiger partial charge in [0.15, 0.2) is 17.2 Å². The van der Waals surface area contributed by atoms with Gasteiger partial charge in [0.2, 0.25) is 11.8 Å². The van der Waals surface area contributed by atoms with Crippen LogP contribution >= 0.6 is 0 Å². The third-order valence-electron chi connectivity index (χ3n) is 5.19. The molecule has 0 atom stereocenters. The second-order valence-corrected chi connectivity index (χ2v) is 7.51. The van der Waals surface area contributed by atoms with Crippen molar-refractivity contribution in [3.8, 4) is 17.2 Å². The Labute approximate surface area is 206 Å². The Kier molecular flexibility index (Phi) is 6.39. The molecule has 2 N–H and O–H groups in total. The molecule has 0 fully saturated rings. The fourth-order valence-corrected chi connectivity index (χ4v) is 3.59. The van der Waals surface area contributed by atoms with Crippen LogP contribution in [0.5, 0.6) is 5.75 Å². The van der Waals surface area contributed by atoms with Crippen molar-refractivity contribution >= 4 is 40.3 Å². The number of nitrogens with zero attached hydrogens (tertiary/aromatic N) is 4. The average Bonchev–Trinajstić information content (AvgIpc) is 3.34. The maximum absolute atomic E-state index is 12.6. The molecule has 0 saturated heterocycles. The molecule has 2 aromatic carbocycles. The number of carbonyl (C=O) groups is 1. The minimum absolute atomic E-state index is 0.165. The lowest BCUT2D eigenvalue weighted by atomic mass is 10.1. The van der Waals surface area contributed by atoms with Gasteiger partial charge in [-0.25, -0.2) is 19.7 Å². The van der Waals surface area contributed by atoms with Gasteiger partial charge >= 0.3 is 5.97 Å². The van der Waals surface area contributed by atoms with Crippen molar-refractivity contribution in [2.75, 3.05) is 24.4 Å². The molecule has 0 amide bonds. The van der Waals surface area contributed by atoms with Gasteiger partial charge in [-0.3, -0.25) is 0 Å². The van der Waals surface area contributed by atoms with Crippen LogP contribution in [0.4, 0.5) is 23.3 Å². The average molecular weight is 483 g/mol. The molecular weight excluding hydrogens is 460 g/mol. The molecule has 10 nitrogen and oxygen atoms in total. The summed E-state index contributed by atoms with van der Waals surface area (Å²) in [5, 5.41) is 6.22. The largest absolute Gasteiger partial charge is 0.494 e. The van der Waals surface area contributed by atoms with Crippen molar-refractivity contribution in [1.82, 2.24) is 19.9 Å². The van der Waals surface area contributed by atoms with E-state index in [9.17, 15) is 4.79 Å². The summed E-state index contributed by atoms with van der Waals surface area (Å²) in [6.45, 7) is 1.94. The topological polar surface area (TPSA) is 124 Å². The first-order chi connectivity index (χ1) is 17.7. The molecule has 0 bridgehead atoms. The van der Waals surface area contributed by atoms with E-state index in [1.165, 1.54) is 6.20 Å². The summed E-state index contributed by atoms with van der Waals surface area (Å²) < 4.78 is 16.9. The van der Waals surface area contributed by atoms with E-state index in [2.05, 4.69) is 30.6 Å². The molecule has 180 valence electrons. The molecule has 0 aliphatic rings. The van der Waals surface area contributed by atoms with Crippen LogP contribution in [0, 0.1) is 0 Å². The molecule has 36 heavy (non-hydrogen) atoms. The number of nitrogens with one attached hydrogen (secondary N) is 2. The highest BCUT2D eigenvalue weighted by molar-refractivity contribution is 5.96. The van der Waals surface area contributed by atoms with Crippen LogP contribution in [0.2, 0.25) is 0 Å². The van der Waals surface area contributed by atoms with Crippen LogP contribution in [0.15, 0.2) is 77.5 Å². The zero-order valence-corrected chi connectivity index (χ0v) is 19.6. The Morgan fingerprint density at radius 2 is 1.83 bits per heavy atom. The van der Waals surface area contributed by atoms with Crippen molar-refractivity contribution in [2.45, 2.75) is 6.92 Å². The number of esters is 1. The number of benzene rings is 2. The van der Waals surface area contributed by atoms with Crippen LogP contribution in [0.3, 0.4) is 0 Å². The van der Waals surface area contributed by atoms with Crippen LogP contribution < -0.4 is 15.4 Å². The second-order valence-electron chi connectivity index (χ2n) is 7.51. The van der Waals surface area contributed by atoms with Gasteiger partial charge in [-0.15, -0.1) is 0 Å². The van der Waals surface area contributed by atoms with E-state index < -0.39 is 5.97 Å². The van der Waals surface area contributed by atoms with Gasteiger partial charge in [-0.2, -0.15) is 4.98 Å². The molecule has 0 saturated carbocycles. The van der Waals surface area contributed by atoms with Crippen molar-refractivity contribution in [2.24, 2.45) is 0 Å². The van der Waals surface area contributed by atoms with Gasteiger partial charge in [0.25, 0.3) is 0 Å². The third-order valence-corrected chi connectivity index (χ3v) is 5.19. The molecular formula is C26H22N6O4. The fraction of sp³-hybridized carbons (Fsp3) is 0.115. The fourth-order valence-electron chi connectivity index (χ4n) is 3.59. The number of ether oxygens (including phenoxy) is 2. The lowest BCUT2D eigenvalue weighted by Crippen LogP contribution is -2.12. The quantitative estimate of drug-likeness (QED) is 0.280. The normalized spacial score (nSPS) is 10.7. The number of hydrogen-bond acceptors (Lipinski definition) is 10. The molecule has 3 heterocycles. The molecule has 0 spiro atoms. The van der Waals surface area contributed by atoms with Crippen molar-refractivity contribution in [1.29, 1.82) is 0 Å². The number of rotatable bonds is 8. The molecule has 0 aliphatic heterocycles. The highest BCUT2D eigenvalue weighted by Gasteiger charge is 2.21. The predicted octanol–water partition coefficient (Wildman–Crippen LogP) is 5.35. The Morgan fingerprint density at radius 3 is 2.61 bits per heavy atom. The molecule has 3 aromatic heterocycles. The Morgan fingerprint density at radius 1 is 0.972 bits per heavy atom. The number of para-hydroxylation sites is 3. The number of anilines is 4. The maximum Gasteiger partial charge on any atom is 0.343 e. The first-order valence-corrected chi connectivity index (χ1v) is 11.2. The lowest BCUT2D eigenvalue weighted by molar-refractivity contribution is 0.0526. The summed E-state index contributed by atoms with van der Waals surface area (Å²) in [4.78, 5) is 30.2. The summed E-state index contributed by atoms with van der Waals surface area (Å²) in [6.07, 6.45) is 3.05. The Bertz CT molecular complexity index is 1490. The van der Waals surface area contributed by atoms with Crippen molar-refractivity contribution in [3.05, 3.63) is 78.6 Å². The number of pyridine rings is 1. The minimum atomic E-state index is -0.557. The maximum atomic E-state index is 12.6. The summed E-state index contributed by atoms with van der Waals surface area (Å²) in [6, 6.07) is 18.4. The van der Waals surface area contributed by atoms with Gasteiger partial charge < -0.3 is 24.5 Å². The van der Waals surface area contributed by atoms with E-state index in [4.69, 9.17) is 13.9 Å². The van der Waals surface area contributed by atoms with E-state index in [1.807, 2.05) is 42.5 Å². The van der Waals surface area contributed by atoms with E-state index in [0.29, 0.717) is 34.3 Å². The van der Waals surface area contributed by atoms with E-state index >= 15 is 0 Å². The number of methoxy groups -OCH3 is 1. The molecule has 0 unspecified atom stereocenters. The molecule has 10 heteroatoms. The van der Waals surface area contributed by atoms with Gasteiger partial charge in [0, 0.05) is 12.4 Å². The SMILES string of the molecule is CCOC(=O)c1cnc(Nc2ccccn2)nc1Nc1cccc(-c2nc3ccccc3o2)c1OC. The first-order valence-electron chi connectivity index (χ1n) is 11.2. The highest BCUT2D eigenvalue weighted by Crippen LogP contribution is 2.38. The number of aromatic nitrogens is 4. The summed E-state index contributed by atoms with van der Waals surface area (Å²) in [5.41, 5.74) is 2.75.